The van der Waals surface area contributed by atoms with Crippen LogP contribution < -0.4 is 5.32 Å². The minimum absolute atomic E-state index is 0.0347. The summed E-state index contributed by atoms with van der Waals surface area (Å²) in [5, 5.41) is 3.00. The number of rotatable bonds is 2. The molecule has 1 N–H and O–H groups in total. The molecule has 6 heteroatoms. The van der Waals surface area contributed by atoms with Crippen LogP contribution in [0, 0.1) is 11.6 Å². The molecule has 0 amide bonds. The Morgan fingerprint density at radius 2 is 2.00 bits per heavy atom. The topological polar surface area (TPSA) is 46.2 Å². The van der Waals surface area contributed by atoms with Crippen LogP contribution in [0.3, 0.4) is 0 Å². The van der Waals surface area contributed by atoms with Gasteiger partial charge in [0.05, 0.1) is 5.75 Å². The molecule has 0 saturated heterocycles. The first-order valence-electron chi connectivity index (χ1n) is 5.29. The molecule has 1 aliphatic rings. The Morgan fingerprint density at radius 1 is 1.35 bits per heavy atom. The van der Waals surface area contributed by atoms with E-state index in [1.807, 2.05) is 13.8 Å². The van der Waals surface area contributed by atoms with Crippen LogP contribution in [-0.2, 0) is 9.84 Å². The van der Waals surface area contributed by atoms with Gasteiger partial charge in [0.2, 0.25) is 0 Å². The lowest BCUT2D eigenvalue weighted by Gasteiger charge is -2.15. The van der Waals surface area contributed by atoms with Gasteiger partial charge in [0, 0.05) is 18.2 Å². The van der Waals surface area contributed by atoms with E-state index in [2.05, 4.69) is 5.32 Å². The van der Waals surface area contributed by atoms with Gasteiger partial charge in [0.25, 0.3) is 0 Å². The highest BCUT2D eigenvalue weighted by Gasteiger charge is 2.38. The van der Waals surface area contributed by atoms with E-state index < -0.39 is 27.5 Å². The smallest absolute Gasteiger partial charge is 0.183 e. The van der Waals surface area contributed by atoms with Gasteiger partial charge in [-0.15, -0.1) is 0 Å². The van der Waals surface area contributed by atoms with Crippen molar-refractivity contribution in [1.82, 2.24) is 5.32 Å². The fourth-order valence-corrected chi connectivity index (χ4v) is 3.90. The second kappa shape index (κ2) is 4.03. The standard InChI is InChI=1S/C11H13F2NO2S/c1-6(2)14-10-5-17(15,16)11-8(10)3-7(12)4-9(11)13/h3-4,6,10,14H,5H2,1-2H3. The van der Waals surface area contributed by atoms with Gasteiger partial charge in [0.15, 0.2) is 9.84 Å². The fraction of sp³-hybridized carbons (Fsp3) is 0.455. The van der Waals surface area contributed by atoms with Crippen molar-refractivity contribution in [2.45, 2.75) is 30.8 Å². The van der Waals surface area contributed by atoms with E-state index in [0.717, 1.165) is 6.07 Å². The molecular formula is C11H13F2NO2S. The Labute approximate surface area is 98.8 Å². The lowest BCUT2D eigenvalue weighted by molar-refractivity contribution is 0.498. The van der Waals surface area contributed by atoms with Crippen LogP contribution in [-0.4, -0.2) is 20.2 Å². The van der Waals surface area contributed by atoms with E-state index in [9.17, 15) is 17.2 Å². The van der Waals surface area contributed by atoms with Crippen LogP contribution in [0.4, 0.5) is 8.78 Å². The minimum atomic E-state index is -3.65. The summed E-state index contributed by atoms with van der Waals surface area (Å²) in [5.41, 5.74) is 0.191. The maximum atomic E-state index is 13.5. The summed E-state index contributed by atoms with van der Waals surface area (Å²) in [6.07, 6.45) is 0. The Morgan fingerprint density at radius 3 is 2.59 bits per heavy atom. The average Bonchev–Trinajstić information content (AvgIpc) is 2.36. The summed E-state index contributed by atoms with van der Waals surface area (Å²) in [4.78, 5) is -0.364. The predicted octanol–water partition coefficient (Wildman–Crippen LogP) is 1.79. The number of hydrogen-bond acceptors (Lipinski definition) is 3. The van der Waals surface area contributed by atoms with Crippen molar-refractivity contribution in [3.8, 4) is 0 Å². The number of benzene rings is 1. The lowest BCUT2D eigenvalue weighted by Crippen LogP contribution is -2.29. The Balaban J connectivity index is 2.57. The summed E-state index contributed by atoms with van der Waals surface area (Å²) >= 11 is 0. The molecule has 0 aromatic heterocycles. The highest BCUT2D eigenvalue weighted by Crippen LogP contribution is 2.36. The summed E-state index contributed by atoms with van der Waals surface area (Å²) in [5.74, 6) is -1.98. The number of halogens is 2. The lowest BCUT2D eigenvalue weighted by atomic mass is 10.1. The third-order valence-electron chi connectivity index (χ3n) is 2.64. The highest BCUT2D eigenvalue weighted by molar-refractivity contribution is 7.91. The van der Waals surface area contributed by atoms with Crippen molar-refractivity contribution in [3.05, 3.63) is 29.3 Å². The largest absolute Gasteiger partial charge is 0.307 e. The number of sulfone groups is 1. The zero-order chi connectivity index (χ0) is 12.8. The first kappa shape index (κ1) is 12.4. The molecule has 1 heterocycles. The van der Waals surface area contributed by atoms with Gasteiger partial charge in [-0.1, -0.05) is 13.8 Å². The molecule has 0 radical (unpaired) electrons. The van der Waals surface area contributed by atoms with Gasteiger partial charge in [-0.3, -0.25) is 0 Å². The highest BCUT2D eigenvalue weighted by atomic mass is 32.2. The molecule has 1 unspecified atom stereocenters. The van der Waals surface area contributed by atoms with Crippen molar-refractivity contribution in [2.75, 3.05) is 5.75 Å². The molecule has 0 saturated carbocycles. The van der Waals surface area contributed by atoms with Crippen LogP contribution >= 0.6 is 0 Å². The molecule has 1 aliphatic heterocycles. The molecule has 94 valence electrons. The number of fused-ring (bicyclic) bond motifs is 1. The Kier molecular flexibility index (Phi) is 2.95. The third kappa shape index (κ3) is 2.19. The first-order chi connectivity index (χ1) is 7.81. The molecule has 17 heavy (non-hydrogen) atoms. The van der Waals surface area contributed by atoms with Crippen LogP contribution in [0.2, 0.25) is 0 Å². The second-order valence-electron chi connectivity index (χ2n) is 4.46. The van der Waals surface area contributed by atoms with Gasteiger partial charge in [-0.2, -0.15) is 0 Å². The quantitative estimate of drug-likeness (QED) is 0.826. The summed E-state index contributed by atoms with van der Waals surface area (Å²) < 4.78 is 50.2. The van der Waals surface area contributed by atoms with Crippen LogP contribution in [0.5, 0.6) is 0 Å². The first-order valence-corrected chi connectivity index (χ1v) is 6.94. The summed E-state index contributed by atoms with van der Waals surface area (Å²) in [6.45, 7) is 3.69. The van der Waals surface area contributed by atoms with E-state index in [-0.39, 0.29) is 22.3 Å². The Hall–Kier alpha value is -1.01. The molecule has 0 spiro atoms. The maximum absolute atomic E-state index is 13.5. The second-order valence-corrected chi connectivity index (χ2v) is 6.43. The van der Waals surface area contributed by atoms with Gasteiger partial charge in [-0.05, 0) is 11.6 Å². The van der Waals surface area contributed by atoms with Gasteiger partial charge in [-0.25, -0.2) is 17.2 Å². The Bertz CT molecular complexity index is 555. The van der Waals surface area contributed by atoms with Crippen LogP contribution in [0.25, 0.3) is 0 Å². The molecular weight excluding hydrogens is 248 g/mol. The molecule has 1 aromatic rings. The minimum Gasteiger partial charge on any atom is -0.307 e. The normalized spacial score (nSPS) is 21.8. The molecule has 0 aliphatic carbocycles. The van der Waals surface area contributed by atoms with E-state index >= 15 is 0 Å². The summed E-state index contributed by atoms with van der Waals surface area (Å²) in [6, 6.07) is 1.18. The average molecular weight is 261 g/mol. The third-order valence-corrected chi connectivity index (χ3v) is 4.47. The van der Waals surface area contributed by atoms with Crippen LogP contribution in [0.15, 0.2) is 17.0 Å². The van der Waals surface area contributed by atoms with Crippen molar-refractivity contribution in [1.29, 1.82) is 0 Å². The molecule has 0 bridgehead atoms. The molecule has 1 atom stereocenters. The maximum Gasteiger partial charge on any atom is 0.183 e. The van der Waals surface area contributed by atoms with E-state index in [1.54, 1.807) is 0 Å². The zero-order valence-electron chi connectivity index (χ0n) is 9.50. The fourth-order valence-electron chi connectivity index (χ4n) is 2.10. The monoisotopic (exact) mass is 261 g/mol. The van der Waals surface area contributed by atoms with Crippen molar-refractivity contribution in [2.24, 2.45) is 0 Å². The van der Waals surface area contributed by atoms with E-state index in [0.29, 0.717) is 6.07 Å². The van der Waals surface area contributed by atoms with E-state index in [4.69, 9.17) is 0 Å². The molecule has 0 fully saturated rings. The van der Waals surface area contributed by atoms with Crippen LogP contribution in [0.1, 0.15) is 25.5 Å². The molecule has 3 nitrogen and oxygen atoms in total. The van der Waals surface area contributed by atoms with Gasteiger partial charge in [0.1, 0.15) is 16.5 Å². The van der Waals surface area contributed by atoms with E-state index in [1.165, 1.54) is 0 Å². The predicted molar refractivity (Wildman–Crippen MR) is 59.4 cm³/mol. The molecule has 2 rings (SSSR count). The number of hydrogen-bond donors (Lipinski definition) is 1. The van der Waals surface area contributed by atoms with Crippen molar-refractivity contribution < 1.29 is 17.2 Å². The van der Waals surface area contributed by atoms with Crippen molar-refractivity contribution >= 4 is 9.84 Å². The number of nitrogens with one attached hydrogen (secondary N) is 1. The zero-order valence-corrected chi connectivity index (χ0v) is 10.3. The summed E-state index contributed by atoms with van der Waals surface area (Å²) in [7, 11) is -3.65. The SMILES string of the molecule is CC(C)NC1CS(=O)(=O)c2c(F)cc(F)cc21. The van der Waals surface area contributed by atoms with Crippen molar-refractivity contribution in [3.63, 3.8) is 0 Å². The van der Waals surface area contributed by atoms with Gasteiger partial charge < -0.3 is 5.32 Å². The van der Waals surface area contributed by atoms with Gasteiger partial charge >= 0.3 is 0 Å². The molecule has 1 aromatic carbocycles.